The lowest BCUT2D eigenvalue weighted by Crippen LogP contribution is -2.06. The average Bonchev–Trinajstić information content (AvgIpc) is 2.97. The highest BCUT2D eigenvalue weighted by molar-refractivity contribution is 5.26. The van der Waals surface area contributed by atoms with E-state index in [1.165, 1.54) is 12.8 Å². The van der Waals surface area contributed by atoms with Gasteiger partial charge in [0.15, 0.2) is 0 Å². The molecule has 0 saturated heterocycles. The first-order chi connectivity index (χ1) is 7.09. The van der Waals surface area contributed by atoms with E-state index in [0.29, 0.717) is 5.92 Å². The van der Waals surface area contributed by atoms with Gasteiger partial charge in [0.2, 0.25) is 0 Å². The van der Waals surface area contributed by atoms with Crippen LogP contribution >= 0.6 is 0 Å². The fraction of sp³-hybridized carbons (Fsp3) is 0.818. The minimum absolute atomic E-state index is 0.209. The Labute approximate surface area is 89.8 Å². The van der Waals surface area contributed by atoms with E-state index in [9.17, 15) is 0 Å². The second-order valence-corrected chi connectivity index (χ2v) is 5.63. The lowest BCUT2D eigenvalue weighted by molar-refractivity contribution is 0.544. The summed E-state index contributed by atoms with van der Waals surface area (Å²) in [6, 6.07) is 0.253. The first-order valence-corrected chi connectivity index (χ1v) is 5.74. The molecule has 2 fully saturated rings. The molecule has 4 heteroatoms. The fourth-order valence-electron chi connectivity index (χ4n) is 2.35. The Morgan fingerprint density at radius 3 is 2.73 bits per heavy atom. The number of aromatic nitrogens is 3. The fourth-order valence-corrected chi connectivity index (χ4v) is 2.35. The van der Waals surface area contributed by atoms with Crippen molar-refractivity contribution in [3.8, 4) is 0 Å². The minimum Gasteiger partial charge on any atom is -0.327 e. The Balaban J connectivity index is 1.73. The average molecular weight is 206 g/mol. The Hall–Kier alpha value is -0.900. The van der Waals surface area contributed by atoms with E-state index in [0.717, 1.165) is 18.2 Å². The van der Waals surface area contributed by atoms with Gasteiger partial charge in [-0.2, -0.15) is 0 Å². The number of nitrogens with zero attached hydrogens (tertiary/aromatic N) is 3. The van der Waals surface area contributed by atoms with Crippen molar-refractivity contribution in [2.24, 2.45) is 17.1 Å². The van der Waals surface area contributed by atoms with Crippen molar-refractivity contribution in [1.29, 1.82) is 0 Å². The number of hydrogen-bond donors (Lipinski definition) is 1. The van der Waals surface area contributed by atoms with Crippen LogP contribution in [0.1, 0.15) is 38.3 Å². The van der Waals surface area contributed by atoms with Crippen LogP contribution in [0.5, 0.6) is 0 Å². The van der Waals surface area contributed by atoms with Gasteiger partial charge in [0.25, 0.3) is 0 Å². The normalized spacial score (nSPS) is 33.0. The highest BCUT2D eigenvalue weighted by Gasteiger charge is 2.57. The van der Waals surface area contributed by atoms with Crippen LogP contribution < -0.4 is 5.73 Å². The van der Waals surface area contributed by atoms with Crippen LogP contribution in [0.3, 0.4) is 0 Å². The first-order valence-electron chi connectivity index (χ1n) is 5.74. The molecule has 1 aromatic rings. The molecule has 1 heterocycles. The van der Waals surface area contributed by atoms with Crippen molar-refractivity contribution < 1.29 is 0 Å². The van der Waals surface area contributed by atoms with Gasteiger partial charge in [-0.3, -0.25) is 4.68 Å². The molecular formula is C11H18N4. The predicted octanol–water partition coefficient (Wildman–Crippen LogP) is 1.14. The molecule has 0 bridgehead atoms. The molecule has 82 valence electrons. The summed E-state index contributed by atoms with van der Waals surface area (Å²) in [6.07, 6.45) is 4.78. The van der Waals surface area contributed by atoms with Crippen LogP contribution in [-0.2, 0) is 6.54 Å². The van der Waals surface area contributed by atoms with Crippen molar-refractivity contribution >= 4 is 0 Å². The van der Waals surface area contributed by atoms with Gasteiger partial charge in [0, 0.05) is 24.7 Å². The third kappa shape index (κ3) is 1.47. The third-order valence-corrected chi connectivity index (χ3v) is 3.93. The predicted molar refractivity (Wildman–Crippen MR) is 57.2 cm³/mol. The van der Waals surface area contributed by atoms with Crippen LogP contribution in [0, 0.1) is 11.3 Å². The summed E-state index contributed by atoms with van der Waals surface area (Å²) < 4.78 is 1.98. The molecule has 0 spiro atoms. The molecule has 0 aliphatic heterocycles. The van der Waals surface area contributed by atoms with E-state index in [1.54, 1.807) is 0 Å². The van der Waals surface area contributed by atoms with Crippen molar-refractivity contribution in [2.75, 3.05) is 0 Å². The van der Waals surface area contributed by atoms with Crippen molar-refractivity contribution in [1.82, 2.24) is 15.0 Å². The van der Waals surface area contributed by atoms with Gasteiger partial charge in [-0.25, -0.2) is 0 Å². The molecule has 15 heavy (non-hydrogen) atoms. The summed E-state index contributed by atoms with van der Waals surface area (Å²) in [5.74, 6) is 1.26. The molecule has 0 radical (unpaired) electrons. The van der Waals surface area contributed by atoms with E-state index in [1.807, 2.05) is 4.68 Å². The molecule has 3 rings (SSSR count). The first kappa shape index (κ1) is 9.33. The SMILES string of the molecule is CC1(C)[C@H](N)[C@H]1c1cn(CC2CC2)nn1. The molecule has 1 aromatic heterocycles. The summed E-state index contributed by atoms with van der Waals surface area (Å²) in [7, 11) is 0. The highest BCUT2D eigenvalue weighted by atomic mass is 15.4. The second-order valence-electron chi connectivity index (χ2n) is 5.63. The Morgan fingerprint density at radius 1 is 1.53 bits per heavy atom. The zero-order valence-electron chi connectivity index (χ0n) is 9.35. The van der Waals surface area contributed by atoms with Crippen LogP contribution in [0.2, 0.25) is 0 Å². The van der Waals surface area contributed by atoms with Gasteiger partial charge in [-0.15, -0.1) is 5.10 Å². The van der Waals surface area contributed by atoms with E-state index in [4.69, 9.17) is 5.73 Å². The van der Waals surface area contributed by atoms with Gasteiger partial charge in [0.1, 0.15) is 0 Å². The molecule has 4 nitrogen and oxygen atoms in total. The van der Waals surface area contributed by atoms with E-state index in [2.05, 4.69) is 30.4 Å². The molecule has 0 amide bonds. The van der Waals surface area contributed by atoms with Crippen molar-refractivity contribution in [3.05, 3.63) is 11.9 Å². The monoisotopic (exact) mass is 206 g/mol. The van der Waals surface area contributed by atoms with Crippen LogP contribution in [-0.4, -0.2) is 21.0 Å². The lowest BCUT2D eigenvalue weighted by Gasteiger charge is -1.97. The second kappa shape index (κ2) is 2.82. The largest absolute Gasteiger partial charge is 0.327 e. The summed E-state index contributed by atoms with van der Waals surface area (Å²) in [4.78, 5) is 0. The summed E-state index contributed by atoms with van der Waals surface area (Å²) >= 11 is 0. The van der Waals surface area contributed by atoms with E-state index in [-0.39, 0.29) is 11.5 Å². The zero-order valence-corrected chi connectivity index (χ0v) is 9.35. The third-order valence-electron chi connectivity index (χ3n) is 3.93. The zero-order chi connectivity index (χ0) is 10.6. The van der Waals surface area contributed by atoms with Crippen molar-refractivity contribution in [3.63, 3.8) is 0 Å². The smallest absolute Gasteiger partial charge is 0.0879 e. The maximum atomic E-state index is 6.02. The molecule has 0 unspecified atom stereocenters. The van der Waals surface area contributed by atoms with Gasteiger partial charge in [-0.05, 0) is 24.2 Å². The molecule has 2 N–H and O–H groups in total. The number of rotatable bonds is 3. The summed E-state index contributed by atoms with van der Waals surface area (Å²) in [5, 5.41) is 8.41. The lowest BCUT2D eigenvalue weighted by atomic mass is 10.1. The van der Waals surface area contributed by atoms with Crippen molar-refractivity contribution in [2.45, 2.75) is 45.2 Å². The Morgan fingerprint density at radius 2 is 2.20 bits per heavy atom. The van der Waals surface area contributed by atoms with Gasteiger partial charge >= 0.3 is 0 Å². The summed E-state index contributed by atoms with van der Waals surface area (Å²) in [5.41, 5.74) is 7.31. The maximum absolute atomic E-state index is 6.02. The molecule has 2 aliphatic rings. The minimum atomic E-state index is 0.209. The Bertz CT molecular complexity index is 378. The van der Waals surface area contributed by atoms with E-state index < -0.39 is 0 Å². The standard InChI is InChI=1S/C11H18N4/c1-11(2)9(10(11)12)8-6-15(14-13-8)5-7-3-4-7/h6-7,9-10H,3-5,12H2,1-2H3/t9-,10-/m1/s1. The van der Waals surface area contributed by atoms with E-state index >= 15 is 0 Å². The van der Waals surface area contributed by atoms with Crippen LogP contribution in [0.4, 0.5) is 0 Å². The topological polar surface area (TPSA) is 56.7 Å². The highest BCUT2D eigenvalue weighted by Crippen LogP contribution is 2.56. The molecule has 0 aromatic carbocycles. The van der Waals surface area contributed by atoms with Gasteiger partial charge in [-0.1, -0.05) is 19.1 Å². The quantitative estimate of drug-likeness (QED) is 0.806. The molecule has 2 atom stereocenters. The van der Waals surface area contributed by atoms with Crippen LogP contribution in [0.25, 0.3) is 0 Å². The number of nitrogens with two attached hydrogens (primary N) is 1. The molecule has 2 aliphatic carbocycles. The maximum Gasteiger partial charge on any atom is 0.0879 e. The molecular weight excluding hydrogens is 188 g/mol. The summed E-state index contributed by atoms with van der Waals surface area (Å²) in [6.45, 7) is 5.43. The molecule has 2 saturated carbocycles. The Kier molecular flexibility index (Phi) is 1.75. The van der Waals surface area contributed by atoms with Crippen LogP contribution in [0.15, 0.2) is 6.20 Å². The van der Waals surface area contributed by atoms with Gasteiger partial charge < -0.3 is 5.73 Å². The number of hydrogen-bond acceptors (Lipinski definition) is 3. The van der Waals surface area contributed by atoms with Gasteiger partial charge in [0.05, 0.1) is 5.69 Å².